The fraction of sp³-hybridized carbons (Fsp3) is 0.304. The third-order valence-corrected chi connectivity index (χ3v) is 11.3. The molecule has 324 valence electrons. The molecule has 0 bridgehead atoms. The fourth-order valence-electron chi connectivity index (χ4n) is 7.29. The molecular weight excluding hydrogens is 847 g/mol. The summed E-state index contributed by atoms with van der Waals surface area (Å²) in [7, 11) is 8.79. The van der Waals surface area contributed by atoms with Crippen molar-refractivity contribution >= 4 is 57.1 Å². The molecule has 8 rings (SSSR count). The maximum atomic E-state index is 12.6. The van der Waals surface area contributed by atoms with E-state index < -0.39 is 0 Å². The molecule has 0 atom stereocenters. The molecule has 2 aliphatic rings. The second-order valence-corrected chi connectivity index (χ2v) is 15.3. The summed E-state index contributed by atoms with van der Waals surface area (Å²) in [6.45, 7) is 0. The van der Waals surface area contributed by atoms with Crippen molar-refractivity contribution < 1.29 is 56.3 Å². The van der Waals surface area contributed by atoms with E-state index in [1.165, 1.54) is 54.8 Å². The van der Waals surface area contributed by atoms with Crippen molar-refractivity contribution in [2.75, 3.05) is 42.7 Å². The van der Waals surface area contributed by atoms with Crippen LogP contribution in [0.2, 0.25) is 10.0 Å². The van der Waals surface area contributed by atoms with E-state index in [0.717, 1.165) is 0 Å². The van der Waals surface area contributed by atoms with E-state index in [1.54, 1.807) is 60.7 Å². The van der Waals surface area contributed by atoms with Gasteiger partial charge in [-0.3, -0.25) is 19.2 Å². The highest BCUT2D eigenvalue weighted by Gasteiger charge is 2.39. The number of carbonyl (C=O) groups is 2. The van der Waals surface area contributed by atoms with Gasteiger partial charge in [-0.05, 0) is 74.2 Å². The number of hydrogen-bond donors (Lipinski definition) is 0. The highest BCUT2D eigenvalue weighted by Crippen LogP contribution is 2.46. The van der Waals surface area contributed by atoms with Gasteiger partial charge in [0.25, 0.3) is 0 Å². The molecule has 4 aromatic carbocycles. The lowest BCUT2D eigenvalue weighted by Crippen LogP contribution is -2.38. The summed E-state index contributed by atoms with van der Waals surface area (Å²) < 4.78 is 55.5. The first kappa shape index (κ1) is 43.7. The summed E-state index contributed by atoms with van der Waals surface area (Å²) in [5.74, 6) is 2.30. The maximum Gasteiger partial charge on any atom is 0.308 e. The van der Waals surface area contributed by atoms with E-state index >= 15 is 0 Å². The van der Waals surface area contributed by atoms with Gasteiger partial charge in [-0.15, -0.1) is 0 Å². The largest absolute Gasteiger partial charge is 0.493 e. The molecule has 0 unspecified atom stereocenters. The molecule has 62 heavy (non-hydrogen) atoms. The summed E-state index contributed by atoms with van der Waals surface area (Å²) in [5, 5.41) is 1.49. The molecule has 0 amide bonds. The van der Waals surface area contributed by atoms with E-state index in [1.807, 2.05) is 0 Å². The molecule has 16 heteroatoms. The van der Waals surface area contributed by atoms with Crippen LogP contribution in [0.15, 0.2) is 91.2 Å². The first-order valence-corrected chi connectivity index (χ1v) is 20.1. The Bertz CT molecular complexity index is 2580. The second kappa shape index (κ2) is 18.7. The van der Waals surface area contributed by atoms with Crippen molar-refractivity contribution in [2.45, 2.75) is 37.9 Å². The Hall–Kier alpha value is -6.38. The summed E-state index contributed by atoms with van der Waals surface area (Å²) in [6.07, 6.45) is 1.84. The van der Waals surface area contributed by atoms with Crippen LogP contribution in [0.4, 0.5) is 0 Å². The lowest BCUT2D eigenvalue weighted by atomic mass is 9.82. The number of carbonyl (C=O) groups excluding carboxylic acids is 2. The molecule has 2 aromatic heterocycles. The minimum Gasteiger partial charge on any atom is -0.493 e. The minimum atomic E-state index is -0.243. The SMILES string of the molecule is COC(=O)C1CC(Oc2cc(-c3cc(=O)c4cccc(Cl)c4o3)cc(OC)c2OC)C1.COC(=O)C1CC(Oc2cc(-c3cc(=O)c4cccc(Cl)c4o3)cc(OC)c2OC)C1. The number of methoxy groups -OCH3 is 6. The summed E-state index contributed by atoms with van der Waals surface area (Å²) >= 11 is 12.5. The highest BCUT2D eigenvalue weighted by molar-refractivity contribution is 6.35. The van der Waals surface area contributed by atoms with Crippen molar-refractivity contribution in [1.29, 1.82) is 0 Å². The molecule has 0 aliphatic heterocycles. The van der Waals surface area contributed by atoms with Crippen molar-refractivity contribution in [3.8, 4) is 57.1 Å². The highest BCUT2D eigenvalue weighted by atomic mass is 35.5. The quantitative estimate of drug-likeness (QED) is 0.107. The van der Waals surface area contributed by atoms with Crippen LogP contribution in [0.1, 0.15) is 25.7 Å². The number of ether oxygens (including phenoxy) is 8. The monoisotopic (exact) mass is 888 g/mol. The first-order valence-electron chi connectivity index (χ1n) is 19.4. The molecule has 0 spiro atoms. The zero-order valence-electron chi connectivity index (χ0n) is 34.5. The smallest absolute Gasteiger partial charge is 0.308 e. The number of fused-ring (bicyclic) bond motifs is 2. The van der Waals surface area contributed by atoms with Gasteiger partial charge in [0.15, 0.2) is 45.0 Å². The van der Waals surface area contributed by atoms with Crippen LogP contribution >= 0.6 is 23.2 Å². The van der Waals surface area contributed by atoms with Crippen LogP contribution in [0.5, 0.6) is 34.5 Å². The van der Waals surface area contributed by atoms with Crippen LogP contribution in [0.25, 0.3) is 44.6 Å². The molecule has 2 aliphatic carbocycles. The van der Waals surface area contributed by atoms with E-state index in [9.17, 15) is 19.2 Å². The van der Waals surface area contributed by atoms with Crippen LogP contribution in [0, 0.1) is 11.8 Å². The first-order chi connectivity index (χ1) is 29.9. The third kappa shape index (κ3) is 8.84. The Balaban J connectivity index is 0.000000186. The standard InChI is InChI=1S/2C23H21ClO7/c2*1-27-19-9-12(18-11-17(25)15-5-4-6-16(24)21(15)31-18)10-20(22(19)28-2)30-14-7-13(8-14)23(26)29-3/h2*4-6,9-11,13-14H,7-8H2,1-3H3. The molecule has 0 saturated heterocycles. The third-order valence-electron chi connectivity index (χ3n) is 10.7. The molecule has 2 fully saturated rings. The van der Waals surface area contributed by atoms with Crippen molar-refractivity contribution in [2.24, 2.45) is 11.8 Å². The maximum absolute atomic E-state index is 12.6. The van der Waals surface area contributed by atoms with Gasteiger partial charge in [0.1, 0.15) is 23.7 Å². The molecule has 6 aromatic rings. The number of benzene rings is 4. The van der Waals surface area contributed by atoms with Crippen molar-refractivity contribution in [3.63, 3.8) is 0 Å². The average molecular weight is 890 g/mol. The topological polar surface area (TPSA) is 168 Å². The normalized spacial score (nSPS) is 17.7. The summed E-state index contributed by atoms with van der Waals surface area (Å²) in [4.78, 5) is 48.5. The van der Waals surface area contributed by atoms with E-state index in [0.29, 0.717) is 115 Å². The molecule has 2 heterocycles. The van der Waals surface area contributed by atoms with Crippen molar-refractivity contribution in [3.05, 3.63) is 103 Å². The number of halogens is 2. The number of rotatable bonds is 12. The number of esters is 2. The zero-order chi connectivity index (χ0) is 44.2. The van der Waals surface area contributed by atoms with Crippen LogP contribution in [-0.4, -0.2) is 66.8 Å². The Morgan fingerprint density at radius 3 is 1.24 bits per heavy atom. The second-order valence-electron chi connectivity index (χ2n) is 14.5. The van der Waals surface area contributed by atoms with Gasteiger partial charge < -0.3 is 46.7 Å². The van der Waals surface area contributed by atoms with Gasteiger partial charge in [-0.2, -0.15) is 0 Å². The van der Waals surface area contributed by atoms with Crippen LogP contribution in [0.3, 0.4) is 0 Å². The van der Waals surface area contributed by atoms with E-state index in [-0.39, 0.29) is 46.8 Å². The molecule has 0 N–H and O–H groups in total. The molecule has 0 radical (unpaired) electrons. The Labute approximate surface area is 365 Å². The Morgan fingerprint density at radius 2 is 0.903 bits per heavy atom. The predicted octanol–water partition coefficient (Wildman–Crippen LogP) is 8.92. The zero-order valence-corrected chi connectivity index (χ0v) is 36.0. The fourth-order valence-corrected chi connectivity index (χ4v) is 7.72. The summed E-state index contributed by atoms with van der Waals surface area (Å²) in [5.41, 5.74) is 1.32. The average Bonchev–Trinajstić information content (AvgIpc) is 3.25. The predicted molar refractivity (Wildman–Crippen MR) is 230 cm³/mol. The van der Waals surface area contributed by atoms with Crippen molar-refractivity contribution in [1.82, 2.24) is 0 Å². The lowest BCUT2D eigenvalue weighted by Gasteiger charge is -2.33. The van der Waals surface area contributed by atoms with E-state index in [4.69, 9.17) is 69.9 Å². The number of hydrogen-bond acceptors (Lipinski definition) is 14. The van der Waals surface area contributed by atoms with Gasteiger partial charge >= 0.3 is 11.9 Å². The van der Waals surface area contributed by atoms with Gasteiger partial charge in [0.05, 0.1) is 75.3 Å². The lowest BCUT2D eigenvalue weighted by molar-refractivity contribution is -0.152. The van der Waals surface area contributed by atoms with Crippen LogP contribution < -0.4 is 39.3 Å². The number of para-hydroxylation sites is 2. The van der Waals surface area contributed by atoms with Gasteiger partial charge in [-0.25, -0.2) is 0 Å². The van der Waals surface area contributed by atoms with E-state index in [2.05, 4.69) is 0 Å². The molecule has 14 nitrogen and oxygen atoms in total. The minimum absolute atomic E-state index is 0.170. The van der Waals surface area contributed by atoms with Gasteiger partial charge in [0, 0.05) is 23.3 Å². The summed E-state index contributed by atoms with van der Waals surface area (Å²) in [6, 6.07) is 19.7. The van der Waals surface area contributed by atoms with Crippen LogP contribution in [-0.2, 0) is 19.1 Å². The van der Waals surface area contributed by atoms with Gasteiger partial charge in [-0.1, -0.05) is 35.3 Å². The molecule has 2 saturated carbocycles. The van der Waals surface area contributed by atoms with Gasteiger partial charge in [0.2, 0.25) is 11.5 Å². The molecular formula is C46H42Cl2O14. The Kier molecular flexibility index (Phi) is 13.2. The Morgan fingerprint density at radius 1 is 0.532 bits per heavy atom.